The third-order valence-electron chi connectivity index (χ3n) is 4.16. The fraction of sp³-hybridized carbons (Fsp3) is 0.368. The van der Waals surface area contributed by atoms with Gasteiger partial charge in [0.2, 0.25) is 0 Å². The lowest BCUT2D eigenvalue weighted by Crippen LogP contribution is -2.32. The number of aliphatic hydroxyl groups is 1. The largest absolute Gasteiger partial charge is 0.496 e. The number of carbonyl (C=O) groups is 2. The number of hydrogen-bond acceptors (Lipinski definition) is 7. The van der Waals surface area contributed by atoms with Gasteiger partial charge in [0.25, 0.3) is 0 Å². The Morgan fingerprint density at radius 3 is 2.27 bits per heavy atom. The second kappa shape index (κ2) is 8.53. The van der Waals surface area contributed by atoms with Crippen molar-refractivity contribution in [3.05, 3.63) is 52.4 Å². The Kier molecular flexibility index (Phi) is 6.41. The summed E-state index contributed by atoms with van der Waals surface area (Å²) in [6, 6.07) is 7.15. The molecule has 1 aromatic carbocycles. The number of dihydropyridines is 1. The highest BCUT2D eigenvalue weighted by molar-refractivity contribution is 6.00. The number of benzene rings is 1. The number of rotatable bonds is 6. The molecule has 0 radical (unpaired) electrons. The van der Waals surface area contributed by atoms with Crippen molar-refractivity contribution < 1.29 is 28.9 Å². The van der Waals surface area contributed by atoms with Gasteiger partial charge in [0.1, 0.15) is 12.4 Å². The summed E-state index contributed by atoms with van der Waals surface area (Å²) in [4.78, 5) is 25.1. The maximum Gasteiger partial charge on any atom is 0.336 e. The minimum atomic E-state index is -0.717. The van der Waals surface area contributed by atoms with Crippen molar-refractivity contribution in [3.8, 4) is 5.75 Å². The molecule has 26 heavy (non-hydrogen) atoms. The number of nitrogens with one attached hydrogen (secondary N) is 1. The van der Waals surface area contributed by atoms with E-state index in [1.165, 1.54) is 14.2 Å². The van der Waals surface area contributed by atoms with Crippen LogP contribution in [0.2, 0.25) is 0 Å². The average Bonchev–Trinajstić information content (AvgIpc) is 2.64. The van der Waals surface area contributed by atoms with Gasteiger partial charge in [0.15, 0.2) is 0 Å². The van der Waals surface area contributed by atoms with Crippen molar-refractivity contribution in [1.29, 1.82) is 0 Å². The van der Waals surface area contributed by atoms with Crippen molar-refractivity contribution in [2.24, 2.45) is 0 Å². The van der Waals surface area contributed by atoms with Crippen LogP contribution >= 0.6 is 0 Å². The maximum absolute atomic E-state index is 12.7. The summed E-state index contributed by atoms with van der Waals surface area (Å²) in [5.41, 5.74) is 2.37. The van der Waals surface area contributed by atoms with Crippen molar-refractivity contribution in [1.82, 2.24) is 5.32 Å². The van der Waals surface area contributed by atoms with Crippen molar-refractivity contribution in [3.63, 3.8) is 0 Å². The Hall–Kier alpha value is -2.80. The summed E-state index contributed by atoms with van der Waals surface area (Å²) in [6.45, 7) is 3.05. The molecule has 1 heterocycles. The van der Waals surface area contributed by atoms with E-state index in [4.69, 9.17) is 19.3 Å². The molecule has 1 atom stereocenters. The SMILES string of the molecule is COC(=O)C1=C(C)NC(C)=C(C(=O)OCCO)C1c1ccccc1OC. The second-order valence-corrected chi connectivity index (χ2v) is 5.73. The summed E-state index contributed by atoms with van der Waals surface area (Å²) < 4.78 is 15.5. The predicted molar refractivity (Wildman–Crippen MR) is 94.3 cm³/mol. The molecule has 2 rings (SSSR count). The lowest BCUT2D eigenvalue weighted by Gasteiger charge is -2.31. The molecule has 0 bridgehead atoms. The number of esters is 2. The summed E-state index contributed by atoms with van der Waals surface area (Å²) in [5, 5.41) is 12.0. The molecule has 140 valence electrons. The van der Waals surface area contributed by atoms with E-state index in [0.717, 1.165) is 0 Å². The highest BCUT2D eigenvalue weighted by Crippen LogP contribution is 2.42. The number of aliphatic hydroxyl groups excluding tert-OH is 1. The first-order chi connectivity index (χ1) is 12.5. The van der Waals surface area contributed by atoms with Gasteiger partial charge in [0.05, 0.1) is 37.9 Å². The molecule has 0 saturated carbocycles. The first kappa shape index (κ1) is 19.5. The maximum atomic E-state index is 12.7. The van der Waals surface area contributed by atoms with E-state index >= 15 is 0 Å². The van der Waals surface area contributed by atoms with E-state index in [-0.39, 0.29) is 18.8 Å². The Bertz CT molecular complexity index is 765. The molecule has 2 N–H and O–H groups in total. The normalized spacial score (nSPS) is 16.9. The van der Waals surface area contributed by atoms with Crippen molar-refractivity contribution in [2.75, 3.05) is 27.4 Å². The number of allylic oxidation sites excluding steroid dienone is 2. The minimum Gasteiger partial charge on any atom is -0.496 e. The van der Waals surface area contributed by atoms with Crippen LogP contribution in [0.4, 0.5) is 0 Å². The molecule has 0 spiro atoms. The quantitative estimate of drug-likeness (QED) is 0.744. The Labute approximate surface area is 152 Å². The average molecular weight is 361 g/mol. The molecule has 0 aromatic heterocycles. The molecule has 0 fully saturated rings. The minimum absolute atomic E-state index is 0.134. The fourth-order valence-corrected chi connectivity index (χ4v) is 3.08. The Balaban J connectivity index is 2.66. The van der Waals surface area contributed by atoms with Crippen LogP contribution < -0.4 is 10.1 Å². The van der Waals surface area contributed by atoms with Gasteiger partial charge in [-0.25, -0.2) is 9.59 Å². The first-order valence-corrected chi connectivity index (χ1v) is 8.14. The fourth-order valence-electron chi connectivity index (χ4n) is 3.08. The van der Waals surface area contributed by atoms with Gasteiger partial charge in [-0.2, -0.15) is 0 Å². The number of hydrogen-bond donors (Lipinski definition) is 2. The standard InChI is InChI=1S/C19H23NO6/c1-11-15(18(22)25-4)17(13-7-5-6-8-14(13)24-3)16(12(2)20-11)19(23)26-10-9-21/h5-8,17,20-21H,9-10H2,1-4H3. The number of methoxy groups -OCH3 is 2. The van der Waals surface area contributed by atoms with Gasteiger partial charge in [0, 0.05) is 17.0 Å². The van der Waals surface area contributed by atoms with Crippen molar-refractivity contribution in [2.45, 2.75) is 19.8 Å². The predicted octanol–water partition coefficient (Wildman–Crippen LogP) is 1.64. The molecule has 1 aliphatic rings. The summed E-state index contributed by atoms with van der Waals surface area (Å²) in [6.07, 6.45) is 0. The summed E-state index contributed by atoms with van der Waals surface area (Å²) >= 11 is 0. The van der Waals surface area contributed by atoms with E-state index in [1.54, 1.807) is 38.1 Å². The van der Waals surface area contributed by atoms with E-state index in [0.29, 0.717) is 28.3 Å². The zero-order valence-electron chi connectivity index (χ0n) is 15.3. The van der Waals surface area contributed by atoms with Crippen LogP contribution in [0.25, 0.3) is 0 Å². The van der Waals surface area contributed by atoms with Gasteiger partial charge < -0.3 is 24.6 Å². The second-order valence-electron chi connectivity index (χ2n) is 5.73. The molecule has 1 aliphatic heterocycles. The van der Waals surface area contributed by atoms with Crippen LogP contribution in [-0.4, -0.2) is 44.5 Å². The van der Waals surface area contributed by atoms with Gasteiger partial charge in [-0.1, -0.05) is 18.2 Å². The number of ether oxygens (including phenoxy) is 3. The van der Waals surface area contributed by atoms with Gasteiger partial charge in [-0.15, -0.1) is 0 Å². The topological polar surface area (TPSA) is 94.1 Å². The van der Waals surface area contributed by atoms with E-state index in [9.17, 15) is 9.59 Å². The molecular formula is C19H23NO6. The smallest absolute Gasteiger partial charge is 0.336 e. The summed E-state index contributed by atoms with van der Waals surface area (Å²) in [5.74, 6) is -1.35. The lowest BCUT2D eigenvalue weighted by atomic mass is 9.80. The molecule has 7 nitrogen and oxygen atoms in total. The van der Waals surface area contributed by atoms with Gasteiger partial charge in [-0.3, -0.25) is 0 Å². The highest BCUT2D eigenvalue weighted by Gasteiger charge is 2.39. The van der Waals surface area contributed by atoms with Crippen LogP contribution in [0.1, 0.15) is 25.3 Å². The van der Waals surface area contributed by atoms with E-state index in [1.807, 2.05) is 0 Å². The van der Waals surface area contributed by atoms with Crippen molar-refractivity contribution >= 4 is 11.9 Å². The monoisotopic (exact) mass is 361 g/mol. The molecule has 7 heteroatoms. The van der Waals surface area contributed by atoms with E-state index < -0.39 is 17.9 Å². The van der Waals surface area contributed by atoms with Crippen LogP contribution in [-0.2, 0) is 19.1 Å². The molecule has 0 saturated heterocycles. The number of para-hydroxylation sites is 1. The Morgan fingerprint density at radius 1 is 1.08 bits per heavy atom. The van der Waals surface area contributed by atoms with Crippen LogP contribution in [0, 0.1) is 0 Å². The van der Waals surface area contributed by atoms with Crippen LogP contribution in [0.15, 0.2) is 46.8 Å². The first-order valence-electron chi connectivity index (χ1n) is 8.14. The molecule has 0 amide bonds. The zero-order valence-corrected chi connectivity index (χ0v) is 15.3. The lowest BCUT2D eigenvalue weighted by molar-refractivity contribution is -0.140. The van der Waals surface area contributed by atoms with Crippen LogP contribution in [0.3, 0.4) is 0 Å². The molecule has 1 aromatic rings. The number of carbonyl (C=O) groups excluding carboxylic acids is 2. The highest BCUT2D eigenvalue weighted by atomic mass is 16.5. The third kappa shape index (κ3) is 3.72. The van der Waals surface area contributed by atoms with Crippen LogP contribution in [0.5, 0.6) is 5.75 Å². The Morgan fingerprint density at radius 2 is 1.69 bits per heavy atom. The van der Waals surface area contributed by atoms with Gasteiger partial charge in [-0.05, 0) is 19.9 Å². The summed E-state index contributed by atoms with van der Waals surface area (Å²) in [7, 11) is 2.81. The zero-order chi connectivity index (χ0) is 19.3. The molecular weight excluding hydrogens is 338 g/mol. The molecule has 1 unspecified atom stereocenters. The van der Waals surface area contributed by atoms with Gasteiger partial charge >= 0.3 is 11.9 Å². The molecule has 0 aliphatic carbocycles. The van der Waals surface area contributed by atoms with E-state index in [2.05, 4.69) is 5.32 Å². The third-order valence-corrected chi connectivity index (χ3v) is 4.16.